The number of carboxylic acids is 1. The average molecular weight is 296 g/mol. The van der Waals surface area contributed by atoms with Crippen LogP contribution >= 0.6 is 11.8 Å². The second kappa shape index (κ2) is 7.43. The molecule has 2 rings (SSSR count). The Morgan fingerprint density at radius 3 is 2.95 bits per heavy atom. The molecule has 5 heteroatoms. The van der Waals surface area contributed by atoms with E-state index in [4.69, 9.17) is 14.6 Å². The molecule has 0 saturated carbocycles. The molecule has 1 atom stereocenters. The lowest BCUT2D eigenvalue weighted by Gasteiger charge is -2.23. The summed E-state index contributed by atoms with van der Waals surface area (Å²) in [5.41, 5.74) is 0.953. The molecule has 0 bridgehead atoms. The standard InChI is InChI=1S/C15H20O4S/c1-18-14-9-11(5-7-15(16)17)4-6-13(14)19-12-3-2-8-20-10-12/h4,6,9,12H,2-3,5,7-8,10H2,1H3,(H,16,17). The zero-order valence-electron chi connectivity index (χ0n) is 11.6. The number of rotatable bonds is 6. The Morgan fingerprint density at radius 2 is 2.30 bits per heavy atom. The van der Waals surface area contributed by atoms with Crippen LogP contribution in [0.5, 0.6) is 11.5 Å². The van der Waals surface area contributed by atoms with Gasteiger partial charge in [0.2, 0.25) is 0 Å². The smallest absolute Gasteiger partial charge is 0.303 e. The Kier molecular flexibility index (Phi) is 5.59. The van der Waals surface area contributed by atoms with Crippen LogP contribution in [0.2, 0.25) is 0 Å². The zero-order chi connectivity index (χ0) is 14.4. The van der Waals surface area contributed by atoms with E-state index in [0.29, 0.717) is 12.2 Å². The first-order valence-corrected chi connectivity index (χ1v) is 7.97. The highest BCUT2D eigenvalue weighted by Crippen LogP contribution is 2.31. The fourth-order valence-electron chi connectivity index (χ4n) is 2.20. The van der Waals surface area contributed by atoms with E-state index in [2.05, 4.69) is 0 Å². The van der Waals surface area contributed by atoms with Crippen molar-refractivity contribution in [3.8, 4) is 11.5 Å². The fraction of sp³-hybridized carbons (Fsp3) is 0.533. The minimum absolute atomic E-state index is 0.128. The number of thioether (sulfide) groups is 1. The van der Waals surface area contributed by atoms with Gasteiger partial charge in [-0.25, -0.2) is 0 Å². The molecular weight excluding hydrogens is 276 g/mol. The van der Waals surface area contributed by atoms with Gasteiger partial charge in [0.25, 0.3) is 0 Å². The molecule has 1 saturated heterocycles. The topological polar surface area (TPSA) is 55.8 Å². The van der Waals surface area contributed by atoms with Crippen LogP contribution in [-0.4, -0.2) is 35.8 Å². The van der Waals surface area contributed by atoms with Gasteiger partial charge in [0, 0.05) is 12.2 Å². The molecule has 1 fully saturated rings. The normalized spacial score (nSPS) is 18.6. The van der Waals surface area contributed by atoms with Gasteiger partial charge in [0.05, 0.1) is 7.11 Å². The summed E-state index contributed by atoms with van der Waals surface area (Å²) in [4.78, 5) is 10.6. The number of carboxylic acid groups (broad SMARTS) is 1. The summed E-state index contributed by atoms with van der Waals surface area (Å²) in [6.45, 7) is 0. The van der Waals surface area contributed by atoms with E-state index in [1.165, 1.54) is 12.2 Å². The van der Waals surface area contributed by atoms with Gasteiger partial charge in [-0.15, -0.1) is 0 Å². The van der Waals surface area contributed by atoms with E-state index < -0.39 is 5.97 Å². The van der Waals surface area contributed by atoms with Crippen LogP contribution in [0.15, 0.2) is 18.2 Å². The van der Waals surface area contributed by atoms with E-state index in [1.807, 2.05) is 30.0 Å². The number of benzene rings is 1. The first-order valence-electron chi connectivity index (χ1n) is 6.82. The number of methoxy groups -OCH3 is 1. The first-order chi connectivity index (χ1) is 9.69. The van der Waals surface area contributed by atoms with Crippen LogP contribution in [0.25, 0.3) is 0 Å². The fourth-order valence-corrected chi connectivity index (χ4v) is 3.23. The van der Waals surface area contributed by atoms with Crippen LogP contribution in [-0.2, 0) is 11.2 Å². The van der Waals surface area contributed by atoms with Crippen LogP contribution in [0.1, 0.15) is 24.8 Å². The SMILES string of the molecule is COc1cc(CCC(=O)O)ccc1OC1CCCSC1. The summed E-state index contributed by atoms with van der Waals surface area (Å²) >= 11 is 1.92. The molecule has 20 heavy (non-hydrogen) atoms. The summed E-state index contributed by atoms with van der Waals surface area (Å²) in [5, 5.41) is 8.71. The zero-order valence-corrected chi connectivity index (χ0v) is 12.4. The molecule has 1 aliphatic heterocycles. The van der Waals surface area contributed by atoms with Gasteiger partial charge in [-0.05, 0) is 42.7 Å². The molecule has 1 aliphatic rings. The lowest BCUT2D eigenvalue weighted by molar-refractivity contribution is -0.136. The van der Waals surface area contributed by atoms with Crippen LogP contribution < -0.4 is 9.47 Å². The number of aryl methyl sites for hydroxylation is 1. The van der Waals surface area contributed by atoms with E-state index in [9.17, 15) is 4.79 Å². The third-order valence-corrected chi connectivity index (χ3v) is 4.45. The van der Waals surface area contributed by atoms with Gasteiger partial charge >= 0.3 is 5.97 Å². The van der Waals surface area contributed by atoms with Crippen molar-refractivity contribution in [3.63, 3.8) is 0 Å². The van der Waals surface area contributed by atoms with E-state index >= 15 is 0 Å². The highest BCUT2D eigenvalue weighted by Gasteiger charge is 2.17. The highest BCUT2D eigenvalue weighted by atomic mass is 32.2. The minimum Gasteiger partial charge on any atom is -0.493 e. The lowest BCUT2D eigenvalue weighted by Crippen LogP contribution is -2.23. The molecule has 0 spiro atoms. The maximum atomic E-state index is 10.6. The number of hydrogen-bond acceptors (Lipinski definition) is 4. The predicted molar refractivity (Wildman–Crippen MR) is 79.9 cm³/mol. The van der Waals surface area contributed by atoms with Crippen molar-refractivity contribution in [1.82, 2.24) is 0 Å². The molecule has 1 unspecified atom stereocenters. The molecule has 1 heterocycles. The molecular formula is C15H20O4S. The van der Waals surface area contributed by atoms with Crippen LogP contribution in [0.3, 0.4) is 0 Å². The van der Waals surface area contributed by atoms with Crippen LogP contribution in [0.4, 0.5) is 0 Å². The summed E-state index contributed by atoms with van der Waals surface area (Å²) < 4.78 is 11.4. The van der Waals surface area contributed by atoms with Crippen molar-refractivity contribution in [1.29, 1.82) is 0 Å². The number of aliphatic carboxylic acids is 1. The van der Waals surface area contributed by atoms with Gasteiger partial charge in [0.1, 0.15) is 6.10 Å². The summed E-state index contributed by atoms with van der Waals surface area (Å²) in [5.74, 6) is 2.88. The van der Waals surface area contributed by atoms with Crippen molar-refractivity contribution >= 4 is 17.7 Å². The summed E-state index contributed by atoms with van der Waals surface area (Å²) in [6, 6.07) is 5.67. The molecule has 0 aromatic heterocycles. The predicted octanol–water partition coefficient (Wildman–Crippen LogP) is 2.99. The van der Waals surface area contributed by atoms with Gasteiger partial charge in [0.15, 0.2) is 11.5 Å². The molecule has 4 nitrogen and oxygen atoms in total. The highest BCUT2D eigenvalue weighted by molar-refractivity contribution is 7.99. The average Bonchev–Trinajstić information content (AvgIpc) is 2.47. The number of hydrogen-bond donors (Lipinski definition) is 1. The molecule has 0 aliphatic carbocycles. The van der Waals surface area contributed by atoms with Crippen molar-refractivity contribution in [2.45, 2.75) is 31.8 Å². The molecule has 1 aromatic carbocycles. The monoisotopic (exact) mass is 296 g/mol. The molecule has 0 radical (unpaired) electrons. The third-order valence-electron chi connectivity index (χ3n) is 3.27. The van der Waals surface area contributed by atoms with Crippen LogP contribution in [0, 0.1) is 0 Å². The Balaban J connectivity index is 2.02. The van der Waals surface area contributed by atoms with Gasteiger partial charge in [-0.1, -0.05) is 6.07 Å². The van der Waals surface area contributed by atoms with E-state index in [1.54, 1.807) is 7.11 Å². The first kappa shape index (κ1) is 15.0. The maximum absolute atomic E-state index is 10.6. The Hall–Kier alpha value is -1.36. The Morgan fingerprint density at radius 1 is 1.45 bits per heavy atom. The second-order valence-electron chi connectivity index (χ2n) is 4.84. The Labute approximate surface area is 123 Å². The summed E-state index contributed by atoms with van der Waals surface area (Å²) in [6.07, 6.45) is 3.14. The quantitative estimate of drug-likeness (QED) is 0.874. The number of carbonyl (C=O) groups is 1. The van der Waals surface area contributed by atoms with Crippen molar-refractivity contribution in [3.05, 3.63) is 23.8 Å². The van der Waals surface area contributed by atoms with Gasteiger partial charge in [-0.3, -0.25) is 4.79 Å². The molecule has 0 amide bonds. The minimum atomic E-state index is -0.788. The second-order valence-corrected chi connectivity index (χ2v) is 5.99. The maximum Gasteiger partial charge on any atom is 0.303 e. The van der Waals surface area contributed by atoms with E-state index in [-0.39, 0.29) is 12.5 Å². The summed E-state index contributed by atoms with van der Waals surface area (Å²) in [7, 11) is 1.61. The molecule has 1 N–H and O–H groups in total. The lowest BCUT2D eigenvalue weighted by atomic mass is 10.1. The number of ether oxygens (including phenoxy) is 2. The van der Waals surface area contributed by atoms with Crippen molar-refractivity contribution < 1.29 is 19.4 Å². The molecule has 1 aromatic rings. The van der Waals surface area contributed by atoms with Gasteiger partial charge in [-0.2, -0.15) is 11.8 Å². The van der Waals surface area contributed by atoms with Crippen molar-refractivity contribution in [2.24, 2.45) is 0 Å². The molecule has 110 valence electrons. The largest absolute Gasteiger partial charge is 0.493 e. The Bertz CT molecular complexity index is 455. The third kappa shape index (κ3) is 4.34. The van der Waals surface area contributed by atoms with E-state index in [0.717, 1.165) is 23.5 Å². The van der Waals surface area contributed by atoms with Crippen molar-refractivity contribution in [2.75, 3.05) is 18.6 Å². The van der Waals surface area contributed by atoms with Gasteiger partial charge < -0.3 is 14.6 Å².